The number of halogens is 1. The number of H-pyrrole nitrogens is 1. The van der Waals surface area contributed by atoms with E-state index in [9.17, 15) is 0 Å². The summed E-state index contributed by atoms with van der Waals surface area (Å²) < 4.78 is 5.31. The summed E-state index contributed by atoms with van der Waals surface area (Å²) in [5.74, 6) is 2.61. The van der Waals surface area contributed by atoms with Gasteiger partial charge in [-0.15, -0.1) is 29.1 Å². The van der Waals surface area contributed by atoms with Crippen molar-refractivity contribution in [3.8, 4) is 11.6 Å². The van der Waals surface area contributed by atoms with Gasteiger partial charge >= 0.3 is 0 Å². The van der Waals surface area contributed by atoms with Crippen LogP contribution in [0.2, 0.25) is 0 Å². The molecule has 0 bridgehead atoms. The van der Waals surface area contributed by atoms with Crippen molar-refractivity contribution >= 4 is 29.9 Å². The zero-order valence-electron chi connectivity index (χ0n) is 17.8. The average molecular weight is 535 g/mol. The summed E-state index contributed by atoms with van der Waals surface area (Å²) in [5.41, 5.74) is 2.60. The molecule has 31 heavy (non-hydrogen) atoms. The zero-order chi connectivity index (χ0) is 20.6. The van der Waals surface area contributed by atoms with Crippen LogP contribution >= 0.6 is 24.0 Å². The summed E-state index contributed by atoms with van der Waals surface area (Å²) in [6, 6.07) is 12.5. The number of furan rings is 1. The second kappa shape index (κ2) is 11.8. The van der Waals surface area contributed by atoms with E-state index in [2.05, 4.69) is 60.0 Å². The lowest BCUT2D eigenvalue weighted by Crippen LogP contribution is -2.36. The number of nitrogens with one attached hydrogen (secondary N) is 3. The van der Waals surface area contributed by atoms with E-state index in [1.54, 1.807) is 13.3 Å². The number of nitrogens with zero attached hydrogens (tertiary/aromatic N) is 4. The predicted octanol–water partition coefficient (Wildman–Crippen LogP) is 3.53. The van der Waals surface area contributed by atoms with Crippen molar-refractivity contribution in [2.45, 2.75) is 38.9 Å². The SMILES string of the molecule is CN=C(NCc1ccc(CN2CCCCC2)cc1)NCc1nc(-c2ccco2)n[nH]1.I. The fraction of sp³-hybridized carbons (Fsp3) is 0.409. The highest BCUT2D eigenvalue weighted by molar-refractivity contribution is 14.0. The van der Waals surface area contributed by atoms with Crippen LogP contribution in [0.5, 0.6) is 0 Å². The molecule has 0 saturated carbocycles. The molecule has 1 aliphatic heterocycles. The van der Waals surface area contributed by atoms with Gasteiger partial charge < -0.3 is 15.1 Å². The Morgan fingerprint density at radius 3 is 2.52 bits per heavy atom. The number of aromatic nitrogens is 3. The first-order chi connectivity index (χ1) is 14.8. The summed E-state index contributed by atoms with van der Waals surface area (Å²) in [5, 5.41) is 13.7. The van der Waals surface area contributed by atoms with Crippen molar-refractivity contribution in [2.24, 2.45) is 4.99 Å². The van der Waals surface area contributed by atoms with Crippen LogP contribution in [0.25, 0.3) is 11.6 Å². The molecule has 0 amide bonds. The Morgan fingerprint density at radius 2 is 1.81 bits per heavy atom. The van der Waals surface area contributed by atoms with Gasteiger partial charge in [-0.3, -0.25) is 15.0 Å². The van der Waals surface area contributed by atoms with E-state index in [-0.39, 0.29) is 24.0 Å². The molecule has 0 unspecified atom stereocenters. The molecule has 8 nitrogen and oxygen atoms in total. The van der Waals surface area contributed by atoms with Gasteiger partial charge in [0.15, 0.2) is 11.7 Å². The third-order valence-electron chi connectivity index (χ3n) is 5.26. The summed E-state index contributed by atoms with van der Waals surface area (Å²) in [4.78, 5) is 11.2. The molecule has 1 saturated heterocycles. The third-order valence-corrected chi connectivity index (χ3v) is 5.26. The molecule has 4 rings (SSSR count). The molecular formula is C22H30IN7O. The Labute approximate surface area is 199 Å². The summed E-state index contributed by atoms with van der Waals surface area (Å²) >= 11 is 0. The standard InChI is InChI=1S/C22H29N7O.HI/c1-23-22(25-15-20-26-21(28-27-20)19-6-5-13-30-19)24-14-17-7-9-18(10-8-17)16-29-11-3-2-4-12-29;/h5-10,13H,2-4,11-12,14-16H2,1H3,(H2,23,24,25)(H,26,27,28);1H. The Kier molecular flexibility index (Phi) is 8.89. The molecule has 0 aliphatic carbocycles. The number of aliphatic imine (C=N–C) groups is 1. The first-order valence-corrected chi connectivity index (χ1v) is 10.5. The predicted molar refractivity (Wildman–Crippen MR) is 132 cm³/mol. The molecule has 0 atom stereocenters. The van der Waals surface area contributed by atoms with Crippen molar-refractivity contribution in [2.75, 3.05) is 20.1 Å². The lowest BCUT2D eigenvalue weighted by atomic mass is 10.1. The zero-order valence-corrected chi connectivity index (χ0v) is 20.1. The van der Waals surface area contributed by atoms with Crippen LogP contribution in [0.4, 0.5) is 0 Å². The maximum atomic E-state index is 5.31. The topological polar surface area (TPSA) is 94.4 Å². The molecule has 3 heterocycles. The number of benzene rings is 1. The van der Waals surface area contributed by atoms with Crippen LogP contribution in [0.3, 0.4) is 0 Å². The normalized spacial score (nSPS) is 14.8. The Bertz CT molecular complexity index is 931. The van der Waals surface area contributed by atoms with Crippen LogP contribution in [0.15, 0.2) is 52.1 Å². The molecule has 3 N–H and O–H groups in total. The lowest BCUT2D eigenvalue weighted by Gasteiger charge is -2.26. The minimum atomic E-state index is 0. The maximum Gasteiger partial charge on any atom is 0.216 e. The number of aromatic amines is 1. The highest BCUT2D eigenvalue weighted by atomic mass is 127. The van der Waals surface area contributed by atoms with Crippen LogP contribution in [-0.4, -0.2) is 46.2 Å². The van der Waals surface area contributed by atoms with Gasteiger partial charge in [0, 0.05) is 20.1 Å². The van der Waals surface area contributed by atoms with E-state index in [1.807, 2.05) is 12.1 Å². The van der Waals surface area contributed by atoms with E-state index in [1.165, 1.54) is 43.5 Å². The number of likely N-dealkylation sites (tertiary alicyclic amines) is 1. The second-order valence-electron chi connectivity index (χ2n) is 7.52. The minimum absolute atomic E-state index is 0. The molecule has 9 heteroatoms. The average Bonchev–Trinajstić information content (AvgIpc) is 3.48. The van der Waals surface area contributed by atoms with Gasteiger partial charge in [0.25, 0.3) is 0 Å². The van der Waals surface area contributed by atoms with Crippen molar-refractivity contribution in [3.63, 3.8) is 0 Å². The van der Waals surface area contributed by atoms with Gasteiger partial charge in [-0.1, -0.05) is 30.7 Å². The van der Waals surface area contributed by atoms with E-state index in [4.69, 9.17) is 4.42 Å². The van der Waals surface area contributed by atoms with Gasteiger partial charge in [0.1, 0.15) is 5.82 Å². The van der Waals surface area contributed by atoms with Gasteiger partial charge in [-0.25, -0.2) is 4.98 Å². The van der Waals surface area contributed by atoms with Crippen LogP contribution in [0.1, 0.15) is 36.2 Å². The third kappa shape index (κ3) is 6.79. The van der Waals surface area contributed by atoms with Gasteiger partial charge in [-0.2, -0.15) is 0 Å². The molecule has 1 fully saturated rings. The van der Waals surface area contributed by atoms with E-state index < -0.39 is 0 Å². The van der Waals surface area contributed by atoms with Crippen LogP contribution in [-0.2, 0) is 19.6 Å². The quantitative estimate of drug-likeness (QED) is 0.244. The van der Waals surface area contributed by atoms with Crippen molar-refractivity contribution in [1.82, 2.24) is 30.7 Å². The molecule has 2 aromatic heterocycles. The fourth-order valence-corrected chi connectivity index (χ4v) is 3.60. The monoisotopic (exact) mass is 535 g/mol. The largest absolute Gasteiger partial charge is 0.461 e. The summed E-state index contributed by atoms with van der Waals surface area (Å²) in [7, 11) is 1.76. The minimum Gasteiger partial charge on any atom is -0.461 e. The van der Waals surface area contributed by atoms with Gasteiger partial charge in [0.05, 0.1) is 12.8 Å². The number of guanidine groups is 1. The Hall–Kier alpha value is -2.40. The fourth-order valence-electron chi connectivity index (χ4n) is 3.60. The highest BCUT2D eigenvalue weighted by Crippen LogP contribution is 2.15. The number of hydrogen-bond donors (Lipinski definition) is 3. The van der Waals surface area contributed by atoms with Gasteiger partial charge in [-0.05, 0) is 49.2 Å². The maximum absolute atomic E-state index is 5.31. The molecule has 1 aromatic carbocycles. The Morgan fingerprint density at radius 1 is 1.06 bits per heavy atom. The smallest absolute Gasteiger partial charge is 0.216 e. The van der Waals surface area contributed by atoms with Crippen molar-refractivity contribution in [3.05, 3.63) is 59.6 Å². The number of rotatable bonds is 7. The molecule has 0 radical (unpaired) electrons. The molecular weight excluding hydrogens is 505 g/mol. The number of piperidine rings is 1. The highest BCUT2D eigenvalue weighted by Gasteiger charge is 2.11. The first-order valence-electron chi connectivity index (χ1n) is 10.5. The van der Waals surface area contributed by atoms with E-state index in [0.29, 0.717) is 36.5 Å². The second-order valence-corrected chi connectivity index (χ2v) is 7.52. The molecule has 166 valence electrons. The first kappa shape index (κ1) is 23.3. The van der Waals surface area contributed by atoms with Gasteiger partial charge in [0.2, 0.25) is 5.82 Å². The summed E-state index contributed by atoms with van der Waals surface area (Å²) in [6.45, 7) is 4.69. The van der Waals surface area contributed by atoms with Crippen LogP contribution < -0.4 is 10.6 Å². The molecule has 0 spiro atoms. The molecule has 3 aromatic rings. The van der Waals surface area contributed by atoms with Crippen LogP contribution in [0, 0.1) is 0 Å². The van der Waals surface area contributed by atoms with E-state index >= 15 is 0 Å². The van der Waals surface area contributed by atoms with Crippen molar-refractivity contribution in [1.29, 1.82) is 0 Å². The van der Waals surface area contributed by atoms with Crippen molar-refractivity contribution < 1.29 is 4.42 Å². The summed E-state index contributed by atoms with van der Waals surface area (Å²) in [6.07, 6.45) is 5.63. The molecule has 1 aliphatic rings. The van der Waals surface area contributed by atoms with E-state index in [0.717, 1.165) is 6.54 Å². The lowest BCUT2D eigenvalue weighted by molar-refractivity contribution is 0.221. The number of hydrogen-bond acceptors (Lipinski definition) is 5. The Balaban J connectivity index is 0.00000272.